The zero-order valence-electron chi connectivity index (χ0n) is 16.8. The number of rotatable bonds is 5. The summed E-state index contributed by atoms with van der Waals surface area (Å²) in [5.74, 6) is -1.33. The van der Waals surface area contributed by atoms with Gasteiger partial charge in [-0.25, -0.2) is 4.39 Å². The maximum atomic E-state index is 13.1. The number of piperazine rings is 1. The van der Waals surface area contributed by atoms with Gasteiger partial charge in [-0.1, -0.05) is 42.5 Å². The van der Waals surface area contributed by atoms with Gasteiger partial charge in [0.1, 0.15) is 17.9 Å². The third kappa shape index (κ3) is 4.59. The molecule has 162 valence electrons. The van der Waals surface area contributed by atoms with Crippen LogP contribution in [0.25, 0.3) is 0 Å². The van der Waals surface area contributed by atoms with Gasteiger partial charge < -0.3 is 20.6 Å². The zero-order chi connectivity index (χ0) is 22.0. The SMILES string of the molecule is O=C(N[C@H]1CCN2C(=O)[C@H](Cc3ccc(F)cc3)NC(=O)[C@@H]2C1)[C@@H](O)c1ccccc1. The second kappa shape index (κ2) is 8.85. The summed E-state index contributed by atoms with van der Waals surface area (Å²) in [4.78, 5) is 39.6. The molecule has 2 aliphatic rings. The number of halogens is 1. The maximum Gasteiger partial charge on any atom is 0.253 e. The van der Waals surface area contributed by atoms with E-state index >= 15 is 0 Å². The largest absolute Gasteiger partial charge is 0.378 e. The van der Waals surface area contributed by atoms with Crippen molar-refractivity contribution in [1.29, 1.82) is 0 Å². The lowest BCUT2D eigenvalue weighted by molar-refractivity contribution is -0.152. The quantitative estimate of drug-likeness (QED) is 0.668. The number of nitrogens with one attached hydrogen (secondary N) is 2. The average molecular weight is 425 g/mol. The Kier molecular flexibility index (Phi) is 5.99. The molecule has 31 heavy (non-hydrogen) atoms. The van der Waals surface area contributed by atoms with E-state index in [-0.39, 0.29) is 36.5 Å². The average Bonchev–Trinajstić information content (AvgIpc) is 2.79. The highest BCUT2D eigenvalue weighted by atomic mass is 19.1. The van der Waals surface area contributed by atoms with Crippen molar-refractivity contribution >= 4 is 17.7 Å². The summed E-state index contributed by atoms with van der Waals surface area (Å²) in [5.41, 5.74) is 1.25. The highest BCUT2D eigenvalue weighted by Gasteiger charge is 2.44. The summed E-state index contributed by atoms with van der Waals surface area (Å²) in [6.45, 7) is 0.337. The Morgan fingerprint density at radius 3 is 2.58 bits per heavy atom. The van der Waals surface area contributed by atoms with Gasteiger partial charge >= 0.3 is 0 Å². The number of fused-ring (bicyclic) bond motifs is 1. The standard InChI is InChI=1S/C23H24FN3O4/c24-16-8-6-14(7-9-16)12-18-23(31)27-11-10-17(13-19(27)21(29)26-18)25-22(30)20(28)15-4-2-1-3-5-15/h1-9,17-20,28H,10-13H2,(H,25,30)(H,26,29)/t17-,18-,19-,20-/m0/s1. The van der Waals surface area contributed by atoms with Gasteiger partial charge in [-0.3, -0.25) is 14.4 Å². The second-order valence-electron chi connectivity index (χ2n) is 7.98. The van der Waals surface area contributed by atoms with Crippen LogP contribution in [0.5, 0.6) is 0 Å². The Hall–Kier alpha value is -3.26. The second-order valence-corrected chi connectivity index (χ2v) is 7.98. The van der Waals surface area contributed by atoms with Crippen LogP contribution in [0, 0.1) is 5.82 Å². The number of hydrogen-bond acceptors (Lipinski definition) is 4. The molecule has 0 saturated carbocycles. The van der Waals surface area contributed by atoms with Crippen LogP contribution >= 0.6 is 0 Å². The first-order valence-corrected chi connectivity index (χ1v) is 10.3. The van der Waals surface area contributed by atoms with E-state index in [2.05, 4.69) is 10.6 Å². The predicted octanol–water partition coefficient (Wildman–Crippen LogP) is 1.08. The van der Waals surface area contributed by atoms with Crippen molar-refractivity contribution < 1.29 is 23.9 Å². The smallest absolute Gasteiger partial charge is 0.253 e. The van der Waals surface area contributed by atoms with E-state index in [1.54, 1.807) is 47.4 Å². The molecule has 2 aromatic rings. The number of hydrogen-bond donors (Lipinski definition) is 3. The molecule has 3 N–H and O–H groups in total. The number of carbonyl (C=O) groups is 3. The molecule has 7 nitrogen and oxygen atoms in total. The van der Waals surface area contributed by atoms with Crippen molar-refractivity contribution in [3.63, 3.8) is 0 Å². The highest BCUT2D eigenvalue weighted by molar-refractivity contribution is 5.97. The molecule has 0 spiro atoms. The van der Waals surface area contributed by atoms with Crippen molar-refractivity contribution in [3.05, 3.63) is 71.5 Å². The number of aliphatic hydroxyl groups excluding tert-OH is 1. The lowest BCUT2D eigenvalue weighted by Gasteiger charge is -2.44. The van der Waals surface area contributed by atoms with Crippen LogP contribution in [0.4, 0.5) is 4.39 Å². The van der Waals surface area contributed by atoms with Crippen molar-refractivity contribution in [3.8, 4) is 0 Å². The van der Waals surface area contributed by atoms with Gasteiger partial charge in [0.05, 0.1) is 0 Å². The molecule has 2 saturated heterocycles. The van der Waals surface area contributed by atoms with Crippen LogP contribution < -0.4 is 10.6 Å². The molecule has 0 radical (unpaired) electrons. The molecular weight excluding hydrogens is 401 g/mol. The topological polar surface area (TPSA) is 98.7 Å². The minimum atomic E-state index is -1.29. The Morgan fingerprint density at radius 2 is 1.87 bits per heavy atom. The minimum absolute atomic E-state index is 0.178. The Morgan fingerprint density at radius 1 is 1.16 bits per heavy atom. The van der Waals surface area contributed by atoms with E-state index in [1.165, 1.54) is 12.1 Å². The fraction of sp³-hybridized carbons (Fsp3) is 0.348. The molecule has 8 heteroatoms. The summed E-state index contributed by atoms with van der Waals surface area (Å²) in [7, 11) is 0. The predicted molar refractivity (Wildman–Crippen MR) is 110 cm³/mol. The van der Waals surface area contributed by atoms with Crippen molar-refractivity contribution in [2.45, 2.75) is 43.5 Å². The monoisotopic (exact) mass is 425 g/mol. The molecule has 0 aromatic heterocycles. The molecular formula is C23H24FN3O4. The molecule has 4 atom stereocenters. The van der Waals surface area contributed by atoms with Crippen molar-refractivity contribution in [1.82, 2.24) is 15.5 Å². The highest BCUT2D eigenvalue weighted by Crippen LogP contribution is 2.24. The van der Waals surface area contributed by atoms with Gasteiger partial charge in [-0.05, 0) is 36.1 Å². The van der Waals surface area contributed by atoms with Crippen LogP contribution in [0.3, 0.4) is 0 Å². The van der Waals surface area contributed by atoms with E-state index in [1.807, 2.05) is 0 Å². The molecule has 0 aliphatic carbocycles. The lowest BCUT2D eigenvalue weighted by atomic mass is 9.91. The Bertz CT molecular complexity index is 967. The number of amides is 3. The molecule has 3 amide bonds. The number of carbonyl (C=O) groups excluding carboxylic acids is 3. The number of aliphatic hydroxyl groups is 1. The molecule has 0 bridgehead atoms. The first-order valence-electron chi connectivity index (χ1n) is 10.3. The van der Waals surface area contributed by atoms with Gasteiger partial charge in [0.25, 0.3) is 5.91 Å². The van der Waals surface area contributed by atoms with Gasteiger partial charge in [-0.2, -0.15) is 0 Å². The third-order valence-electron chi connectivity index (χ3n) is 5.87. The molecule has 2 aromatic carbocycles. The van der Waals surface area contributed by atoms with Crippen LogP contribution in [-0.4, -0.2) is 52.4 Å². The summed E-state index contributed by atoms with van der Waals surface area (Å²) >= 11 is 0. The minimum Gasteiger partial charge on any atom is -0.378 e. The normalized spacial score (nSPS) is 24.2. The fourth-order valence-electron chi connectivity index (χ4n) is 4.20. The van der Waals surface area contributed by atoms with Gasteiger partial charge in [0.15, 0.2) is 6.10 Å². The number of piperidine rings is 1. The lowest BCUT2D eigenvalue weighted by Crippen LogP contribution is -2.67. The summed E-state index contributed by atoms with van der Waals surface area (Å²) in [6, 6.07) is 12.8. The van der Waals surface area contributed by atoms with Crippen molar-refractivity contribution in [2.75, 3.05) is 6.54 Å². The molecule has 2 heterocycles. The summed E-state index contributed by atoms with van der Waals surface area (Å²) in [5, 5.41) is 15.8. The van der Waals surface area contributed by atoms with Gasteiger partial charge in [-0.15, -0.1) is 0 Å². The van der Waals surface area contributed by atoms with E-state index in [9.17, 15) is 23.9 Å². The van der Waals surface area contributed by atoms with Gasteiger partial charge in [0.2, 0.25) is 11.8 Å². The van der Waals surface area contributed by atoms with Crippen LogP contribution in [-0.2, 0) is 20.8 Å². The van der Waals surface area contributed by atoms with Gasteiger partial charge in [0, 0.05) is 19.0 Å². The third-order valence-corrected chi connectivity index (χ3v) is 5.87. The van der Waals surface area contributed by atoms with E-state index in [0.717, 1.165) is 5.56 Å². The summed E-state index contributed by atoms with van der Waals surface area (Å²) in [6.07, 6.45) is -0.224. The van der Waals surface area contributed by atoms with E-state index < -0.39 is 24.1 Å². The maximum absolute atomic E-state index is 13.1. The number of benzene rings is 2. The fourth-order valence-corrected chi connectivity index (χ4v) is 4.20. The molecule has 0 unspecified atom stereocenters. The zero-order valence-corrected chi connectivity index (χ0v) is 16.8. The van der Waals surface area contributed by atoms with Crippen LogP contribution in [0.1, 0.15) is 30.1 Å². The molecule has 4 rings (SSSR count). The Balaban J connectivity index is 1.37. The Labute approximate surface area is 179 Å². The van der Waals surface area contributed by atoms with Crippen LogP contribution in [0.2, 0.25) is 0 Å². The van der Waals surface area contributed by atoms with Crippen molar-refractivity contribution in [2.24, 2.45) is 0 Å². The number of nitrogens with zero attached hydrogens (tertiary/aromatic N) is 1. The van der Waals surface area contributed by atoms with Crippen LogP contribution in [0.15, 0.2) is 54.6 Å². The first kappa shape index (κ1) is 21.0. The van der Waals surface area contributed by atoms with E-state index in [0.29, 0.717) is 18.5 Å². The molecule has 2 aliphatic heterocycles. The summed E-state index contributed by atoms with van der Waals surface area (Å²) < 4.78 is 13.1. The first-order chi connectivity index (χ1) is 14.9. The van der Waals surface area contributed by atoms with E-state index in [4.69, 9.17) is 0 Å². The molecule has 2 fully saturated rings.